The number of nitrogens with zero attached hydrogens (tertiary/aromatic N) is 3. The number of anilines is 2. The van der Waals surface area contributed by atoms with E-state index in [-0.39, 0.29) is 17.9 Å². The highest BCUT2D eigenvalue weighted by Gasteiger charge is 2.66. The van der Waals surface area contributed by atoms with Crippen LogP contribution in [-0.4, -0.2) is 16.8 Å². The van der Waals surface area contributed by atoms with Crippen molar-refractivity contribution in [2.75, 3.05) is 9.80 Å². The van der Waals surface area contributed by atoms with E-state index in [1.54, 1.807) is 17.0 Å². The van der Waals surface area contributed by atoms with E-state index in [1.807, 2.05) is 93.6 Å². The molecule has 4 heterocycles. The Morgan fingerprint density at radius 1 is 0.860 bits per heavy atom. The number of thiazole rings is 1. The molecule has 0 radical (unpaired) electrons. The summed E-state index contributed by atoms with van der Waals surface area (Å²) in [4.78, 5) is 52.2. The number of carbonyl (C=O) groups is 2. The van der Waals surface area contributed by atoms with Gasteiger partial charge in [-0.15, -0.1) is 0 Å². The third-order valence-electron chi connectivity index (χ3n) is 8.47. The van der Waals surface area contributed by atoms with Gasteiger partial charge in [-0.2, -0.15) is 0 Å². The monoisotopic (exact) mass is 583 g/mol. The van der Waals surface area contributed by atoms with Gasteiger partial charge in [-0.3, -0.25) is 19.3 Å². The minimum Gasteiger partial charge on any atom is -0.450 e. The van der Waals surface area contributed by atoms with Crippen LogP contribution < -0.4 is 15.2 Å². The van der Waals surface area contributed by atoms with Gasteiger partial charge in [0, 0.05) is 5.56 Å². The Balaban J connectivity index is 1.47. The van der Waals surface area contributed by atoms with Crippen LogP contribution in [0.2, 0.25) is 0 Å². The van der Waals surface area contributed by atoms with Gasteiger partial charge >= 0.3 is 0 Å². The first-order valence-corrected chi connectivity index (χ1v) is 14.9. The van der Waals surface area contributed by atoms with Gasteiger partial charge in [0.1, 0.15) is 5.58 Å². The number of carbonyl (C=O) groups excluding carboxylic acids is 2. The van der Waals surface area contributed by atoms with E-state index < -0.39 is 22.8 Å². The van der Waals surface area contributed by atoms with Gasteiger partial charge in [0.25, 0.3) is 11.8 Å². The number of benzene rings is 4. The Morgan fingerprint density at radius 3 is 2.44 bits per heavy atom. The number of fused-ring (bicyclic) bond motifs is 6. The second-order valence-corrected chi connectivity index (χ2v) is 12.3. The summed E-state index contributed by atoms with van der Waals surface area (Å²) in [6.45, 7) is 6.15. The first-order valence-electron chi connectivity index (χ1n) is 14.0. The number of para-hydroxylation sites is 1. The third kappa shape index (κ3) is 3.41. The molecule has 1 unspecified atom stereocenters. The highest BCUT2D eigenvalue weighted by atomic mass is 32.1. The van der Waals surface area contributed by atoms with Crippen molar-refractivity contribution in [1.82, 2.24) is 4.98 Å². The molecule has 6 aromatic rings. The summed E-state index contributed by atoms with van der Waals surface area (Å²) in [5.41, 5.74) is 3.93. The maximum atomic E-state index is 15.1. The van der Waals surface area contributed by atoms with Crippen LogP contribution in [0.15, 0.2) is 94.1 Å². The number of rotatable bonds is 3. The molecule has 8 rings (SSSR count). The summed E-state index contributed by atoms with van der Waals surface area (Å²) < 4.78 is 7.13. The molecule has 0 bridgehead atoms. The van der Waals surface area contributed by atoms with Crippen molar-refractivity contribution >= 4 is 55.2 Å². The van der Waals surface area contributed by atoms with E-state index in [4.69, 9.17) is 9.40 Å². The Hall–Kier alpha value is -5.08. The van der Waals surface area contributed by atoms with Crippen LogP contribution >= 0.6 is 11.3 Å². The zero-order chi connectivity index (χ0) is 29.6. The molecule has 1 atom stereocenters. The summed E-state index contributed by atoms with van der Waals surface area (Å²) in [5, 5.41) is 0.666. The number of hydrogen-bond acceptors (Lipinski definition) is 6. The van der Waals surface area contributed by atoms with Crippen molar-refractivity contribution in [3.05, 3.63) is 134 Å². The van der Waals surface area contributed by atoms with Crippen LogP contribution in [0.3, 0.4) is 0 Å². The van der Waals surface area contributed by atoms with Crippen LogP contribution in [0.4, 0.5) is 10.8 Å². The van der Waals surface area contributed by atoms with Gasteiger partial charge < -0.3 is 9.32 Å². The highest BCUT2D eigenvalue weighted by Crippen LogP contribution is 2.55. The largest absolute Gasteiger partial charge is 0.450 e. The normalized spacial score (nSPS) is 17.5. The maximum Gasteiger partial charge on any atom is 0.297 e. The fourth-order valence-corrected chi connectivity index (χ4v) is 7.85. The molecule has 2 aromatic heterocycles. The molecule has 0 N–H and O–H groups in total. The average molecular weight is 584 g/mol. The molecular formula is C35H25N3O4S. The van der Waals surface area contributed by atoms with Crippen molar-refractivity contribution in [2.24, 2.45) is 0 Å². The molecule has 2 amide bonds. The van der Waals surface area contributed by atoms with Crippen LogP contribution in [0.1, 0.15) is 43.9 Å². The molecule has 4 aromatic carbocycles. The molecule has 8 heteroatoms. The second-order valence-electron chi connectivity index (χ2n) is 11.3. The minimum absolute atomic E-state index is 0.0378. The SMILES string of the molecule is Cc1cc(C)c2nc(N3C(=O)c4oc5ccc(C)cc5c(=O)c4C34C(=O)N(Cc3ccccc3)c3ccccc34)sc2c1. The Morgan fingerprint density at radius 2 is 1.63 bits per heavy atom. The first kappa shape index (κ1) is 25.6. The maximum absolute atomic E-state index is 15.1. The molecular weight excluding hydrogens is 558 g/mol. The lowest BCUT2D eigenvalue weighted by Gasteiger charge is -2.32. The summed E-state index contributed by atoms with van der Waals surface area (Å²) in [6, 6.07) is 26.4. The third-order valence-corrected chi connectivity index (χ3v) is 9.46. The molecule has 1 spiro atoms. The van der Waals surface area contributed by atoms with E-state index in [1.165, 1.54) is 16.2 Å². The molecule has 2 aliphatic rings. The van der Waals surface area contributed by atoms with Gasteiger partial charge in [0.05, 0.1) is 33.4 Å². The summed E-state index contributed by atoms with van der Waals surface area (Å²) in [7, 11) is 0. The quantitative estimate of drug-likeness (QED) is 0.229. The fraction of sp³-hybridized carbons (Fsp3) is 0.143. The van der Waals surface area contributed by atoms with E-state index >= 15 is 4.79 Å². The van der Waals surface area contributed by atoms with Gasteiger partial charge in [0.15, 0.2) is 16.1 Å². The van der Waals surface area contributed by atoms with Crippen molar-refractivity contribution < 1.29 is 14.0 Å². The molecule has 0 fully saturated rings. The number of hydrogen-bond donors (Lipinski definition) is 0. The van der Waals surface area contributed by atoms with Gasteiger partial charge in [-0.1, -0.05) is 77.6 Å². The van der Waals surface area contributed by atoms with E-state index in [9.17, 15) is 9.59 Å². The molecule has 0 saturated heterocycles. The molecule has 7 nitrogen and oxygen atoms in total. The molecule has 43 heavy (non-hydrogen) atoms. The van der Waals surface area contributed by atoms with Crippen molar-refractivity contribution in [3.8, 4) is 0 Å². The second kappa shape index (κ2) is 8.96. The zero-order valence-electron chi connectivity index (χ0n) is 23.7. The van der Waals surface area contributed by atoms with Crippen molar-refractivity contribution in [1.29, 1.82) is 0 Å². The Labute approximate surface area is 250 Å². The van der Waals surface area contributed by atoms with Crippen molar-refractivity contribution in [3.63, 3.8) is 0 Å². The van der Waals surface area contributed by atoms with Gasteiger partial charge in [-0.05, 0) is 61.7 Å². The predicted octanol–water partition coefficient (Wildman–Crippen LogP) is 6.78. The lowest BCUT2D eigenvalue weighted by molar-refractivity contribution is -0.121. The first-order chi connectivity index (χ1) is 20.8. The van der Waals surface area contributed by atoms with E-state index in [0.717, 1.165) is 32.5 Å². The number of aromatic nitrogens is 1. The van der Waals surface area contributed by atoms with Crippen LogP contribution in [0.25, 0.3) is 21.2 Å². The Bertz CT molecular complexity index is 2240. The predicted molar refractivity (Wildman–Crippen MR) is 168 cm³/mol. The lowest BCUT2D eigenvalue weighted by atomic mass is 9.84. The van der Waals surface area contributed by atoms with E-state index in [2.05, 4.69) is 0 Å². The minimum atomic E-state index is -1.78. The van der Waals surface area contributed by atoms with Gasteiger partial charge in [-0.25, -0.2) is 4.98 Å². The smallest absolute Gasteiger partial charge is 0.297 e. The van der Waals surface area contributed by atoms with Crippen molar-refractivity contribution in [2.45, 2.75) is 32.9 Å². The number of amides is 2. The average Bonchev–Trinajstić information content (AvgIpc) is 3.60. The molecule has 0 saturated carbocycles. The van der Waals surface area contributed by atoms with Crippen LogP contribution in [0, 0.1) is 20.8 Å². The fourth-order valence-electron chi connectivity index (χ4n) is 6.65. The highest BCUT2D eigenvalue weighted by molar-refractivity contribution is 7.22. The van der Waals surface area contributed by atoms with Crippen LogP contribution in [-0.2, 0) is 16.9 Å². The number of aryl methyl sites for hydroxylation is 3. The summed E-state index contributed by atoms with van der Waals surface area (Å²) in [6.07, 6.45) is 0. The molecule has 2 aliphatic heterocycles. The van der Waals surface area contributed by atoms with E-state index in [0.29, 0.717) is 27.4 Å². The molecule has 0 aliphatic carbocycles. The van der Waals surface area contributed by atoms with Crippen LogP contribution in [0.5, 0.6) is 0 Å². The summed E-state index contributed by atoms with van der Waals surface area (Å²) >= 11 is 1.33. The zero-order valence-corrected chi connectivity index (χ0v) is 24.5. The lowest BCUT2D eigenvalue weighted by Crippen LogP contribution is -2.53. The topological polar surface area (TPSA) is 83.7 Å². The van der Waals surface area contributed by atoms with Gasteiger partial charge in [0.2, 0.25) is 5.76 Å². The standard InChI is InChI=1S/C35H25N3O4S/c1-19-13-14-26-23(16-19)30(39)28-31(42-26)32(40)38(34-36-29-21(3)15-20(2)17-27(29)43-34)35(28)24-11-7-8-12-25(24)37(33(35)41)18-22-9-5-4-6-10-22/h4-17H,18H2,1-3H3. The Kier molecular flexibility index (Phi) is 5.34. The summed E-state index contributed by atoms with van der Waals surface area (Å²) in [5.74, 6) is -1.08. The molecule has 210 valence electrons.